The zero-order valence-electron chi connectivity index (χ0n) is 15.2. The van der Waals surface area contributed by atoms with Crippen molar-refractivity contribution in [3.05, 3.63) is 83.0 Å². The first-order chi connectivity index (χ1) is 13.7. The predicted octanol–water partition coefficient (Wildman–Crippen LogP) is 5.54. The Morgan fingerprint density at radius 3 is 2.28 bits per heavy atom. The number of carbonyl (C=O) groups is 1. The van der Waals surface area contributed by atoms with Crippen LogP contribution in [0.5, 0.6) is 5.75 Å². The smallest absolute Gasteiger partial charge is 0.421 e. The van der Waals surface area contributed by atoms with E-state index in [1.54, 1.807) is 0 Å². The van der Waals surface area contributed by atoms with E-state index in [0.717, 1.165) is 12.6 Å². The summed E-state index contributed by atoms with van der Waals surface area (Å²) in [6, 6.07) is 15.3. The number of ether oxygens (including phenoxy) is 1. The molecule has 0 aliphatic rings. The first-order valence-corrected chi connectivity index (χ1v) is 8.41. The Kier molecular flexibility index (Phi) is 5.33. The van der Waals surface area contributed by atoms with E-state index >= 15 is 0 Å². The van der Waals surface area contributed by atoms with E-state index in [1.165, 1.54) is 24.3 Å². The molecule has 3 rings (SSSR count). The summed E-state index contributed by atoms with van der Waals surface area (Å²) in [6.07, 6.45) is -4.87. The summed E-state index contributed by atoms with van der Waals surface area (Å²) in [6.45, 7) is 7.51. The normalized spacial score (nSPS) is 11.1. The maximum Gasteiger partial charge on any atom is 0.421 e. The first-order valence-electron chi connectivity index (χ1n) is 8.41. The zero-order chi connectivity index (χ0) is 21.2. The van der Waals surface area contributed by atoms with Gasteiger partial charge in [0.25, 0.3) is 0 Å². The van der Waals surface area contributed by atoms with E-state index in [9.17, 15) is 23.1 Å². The van der Waals surface area contributed by atoms with Crippen molar-refractivity contribution in [3.63, 3.8) is 0 Å². The van der Waals surface area contributed by atoms with Crippen LogP contribution in [0.15, 0.2) is 54.6 Å². The molecule has 148 valence electrons. The molecule has 5 nitrogen and oxygen atoms in total. The highest BCUT2D eigenvalue weighted by Gasteiger charge is 2.41. The number of aromatic nitrogens is 1. The average Bonchev–Trinajstić information content (AvgIpc) is 3.00. The van der Waals surface area contributed by atoms with E-state index in [-0.39, 0.29) is 11.1 Å². The summed E-state index contributed by atoms with van der Waals surface area (Å²) in [5, 5.41) is 9.46. The van der Waals surface area contributed by atoms with Gasteiger partial charge < -0.3 is 14.4 Å². The van der Waals surface area contributed by atoms with E-state index in [0.29, 0.717) is 16.9 Å². The highest BCUT2D eigenvalue weighted by atomic mass is 19.4. The van der Waals surface area contributed by atoms with Gasteiger partial charge in [0.1, 0.15) is 23.7 Å². The van der Waals surface area contributed by atoms with E-state index in [2.05, 4.69) is 4.85 Å². The fourth-order valence-electron chi connectivity index (χ4n) is 3.08. The van der Waals surface area contributed by atoms with Crippen LogP contribution in [0.1, 0.15) is 21.7 Å². The van der Waals surface area contributed by atoms with Crippen molar-refractivity contribution in [3.8, 4) is 16.9 Å². The fourth-order valence-corrected chi connectivity index (χ4v) is 3.08. The predicted molar refractivity (Wildman–Crippen MR) is 99.8 cm³/mol. The van der Waals surface area contributed by atoms with Crippen LogP contribution in [0.4, 0.5) is 18.9 Å². The van der Waals surface area contributed by atoms with Crippen molar-refractivity contribution in [1.29, 1.82) is 0 Å². The maximum atomic E-state index is 13.4. The van der Waals surface area contributed by atoms with Gasteiger partial charge in [-0.3, -0.25) is 0 Å². The first kappa shape index (κ1) is 20.0. The largest absolute Gasteiger partial charge is 0.489 e. The van der Waals surface area contributed by atoms with E-state index in [4.69, 9.17) is 11.3 Å². The third-order valence-electron chi connectivity index (χ3n) is 4.34. The monoisotopic (exact) mass is 400 g/mol. The van der Waals surface area contributed by atoms with Gasteiger partial charge in [-0.15, -0.1) is 0 Å². The van der Waals surface area contributed by atoms with Crippen molar-refractivity contribution in [2.75, 3.05) is 0 Å². The van der Waals surface area contributed by atoms with Crippen molar-refractivity contribution < 1.29 is 27.8 Å². The van der Waals surface area contributed by atoms with Crippen LogP contribution in [0.25, 0.3) is 16.0 Å². The fraction of sp³-hybridized carbons (Fsp3) is 0.143. The van der Waals surface area contributed by atoms with Gasteiger partial charge in [0.15, 0.2) is 0 Å². The van der Waals surface area contributed by atoms with Crippen molar-refractivity contribution in [2.45, 2.75) is 12.8 Å². The van der Waals surface area contributed by atoms with Gasteiger partial charge >= 0.3 is 12.1 Å². The van der Waals surface area contributed by atoms with Crippen LogP contribution < -0.4 is 4.74 Å². The molecule has 29 heavy (non-hydrogen) atoms. The Morgan fingerprint density at radius 2 is 1.76 bits per heavy atom. The number of nitrogens with zero attached hydrogens (tertiary/aromatic N) is 2. The molecule has 1 heterocycles. The van der Waals surface area contributed by atoms with Gasteiger partial charge in [-0.05, 0) is 23.3 Å². The van der Waals surface area contributed by atoms with E-state index in [1.807, 2.05) is 30.3 Å². The number of hydrogen-bond donors (Lipinski definition) is 1. The third kappa shape index (κ3) is 3.94. The van der Waals surface area contributed by atoms with Gasteiger partial charge in [0.05, 0.1) is 6.57 Å². The summed E-state index contributed by atoms with van der Waals surface area (Å²) in [5.41, 5.74) is -1.76. The molecule has 0 saturated heterocycles. The van der Waals surface area contributed by atoms with Crippen LogP contribution in [0.3, 0.4) is 0 Å². The highest BCUT2D eigenvalue weighted by Crippen LogP contribution is 2.46. The molecule has 0 atom stereocenters. The molecule has 0 unspecified atom stereocenters. The Hall–Kier alpha value is -3.73. The minimum atomic E-state index is -4.87. The zero-order valence-corrected chi connectivity index (χ0v) is 15.2. The molecule has 8 heteroatoms. The Morgan fingerprint density at radius 1 is 1.14 bits per heavy atom. The lowest BCUT2D eigenvalue weighted by Gasteiger charge is -2.09. The summed E-state index contributed by atoms with van der Waals surface area (Å²) < 4.78 is 46.4. The molecule has 0 aliphatic heterocycles. The van der Waals surface area contributed by atoms with Crippen molar-refractivity contribution in [2.24, 2.45) is 7.05 Å². The minimum Gasteiger partial charge on any atom is -0.489 e. The topological polar surface area (TPSA) is 55.8 Å². The van der Waals surface area contributed by atoms with Crippen LogP contribution in [0.2, 0.25) is 0 Å². The summed E-state index contributed by atoms with van der Waals surface area (Å²) >= 11 is 0. The summed E-state index contributed by atoms with van der Waals surface area (Å²) in [4.78, 5) is 14.6. The maximum absolute atomic E-state index is 13.4. The second-order valence-electron chi connectivity index (χ2n) is 6.19. The quantitative estimate of drug-likeness (QED) is 0.572. The minimum absolute atomic E-state index is 0.187. The molecule has 0 amide bonds. The van der Waals surface area contributed by atoms with E-state index < -0.39 is 29.2 Å². The highest BCUT2D eigenvalue weighted by molar-refractivity contribution is 6.00. The van der Waals surface area contributed by atoms with Crippen LogP contribution in [-0.2, 0) is 19.8 Å². The number of rotatable bonds is 5. The molecule has 1 aromatic heterocycles. The van der Waals surface area contributed by atoms with Gasteiger partial charge in [0.2, 0.25) is 5.69 Å². The number of aromatic carboxylic acids is 1. The number of benzene rings is 2. The van der Waals surface area contributed by atoms with Gasteiger partial charge in [0, 0.05) is 12.6 Å². The Balaban J connectivity index is 2.00. The van der Waals surface area contributed by atoms with Crippen LogP contribution >= 0.6 is 0 Å². The van der Waals surface area contributed by atoms with Gasteiger partial charge in [-0.2, -0.15) is 13.2 Å². The third-order valence-corrected chi connectivity index (χ3v) is 4.34. The molecule has 0 saturated carbocycles. The summed E-state index contributed by atoms with van der Waals surface area (Å²) in [5.74, 6) is -1.09. The van der Waals surface area contributed by atoms with Crippen LogP contribution in [0, 0.1) is 6.57 Å². The molecule has 0 fully saturated rings. The van der Waals surface area contributed by atoms with Crippen molar-refractivity contribution >= 4 is 11.7 Å². The number of alkyl halides is 3. The molecule has 0 aliphatic carbocycles. The molecule has 3 aromatic rings. The SMILES string of the molecule is [C-]#[N+]c1c(-c2ccc(OCc3ccccc3)cc2)c(C(=O)O)n(C)c1C(F)(F)F. The molecule has 0 bridgehead atoms. The van der Waals surface area contributed by atoms with Crippen molar-refractivity contribution in [1.82, 2.24) is 4.57 Å². The second-order valence-corrected chi connectivity index (χ2v) is 6.19. The number of hydrogen-bond acceptors (Lipinski definition) is 2. The Bertz CT molecular complexity index is 1080. The summed E-state index contributed by atoms with van der Waals surface area (Å²) in [7, 11) is 0.988. The number of carboxylic acids is 1. The van der Waals surface area contributed by atoms with Gasteiger partial charge in [-0.1, -0.05) is 42.5 Å². The van der Waals surface area contributed by atoms with Crippen LogP contribution in [-0.4, -0.2) is 15.6 Å². The standard InChI is InChI=1S/C21H15F3N2O3/c1-25-17-16(18(20(27)28)26(2)19(17)21(22,23)24)14-8-10-15(11-9-14)29-12-13-6-4-3-5-7-13/h3-11H,12H2,2H3,(H,27,28). The molecule has 0 radical (unpaired) electrons. The number of carboxylic acid groups (broad SMARTS) is 1. The average molecular weight is 400 g/mol. The molecule has 1 N–H and O–H groups in total. The lowest BCUT2D eigenvalue weighted by atomic mass is 10.0. The lowest BCUT2D eigenvalue weighted by Crippen LogP contribution is -2.14. The molecular weight excluding hydrogens is 385 g/mol. The molecular formula is C21H15F3N2O3. The second kappa shape index (κ2) is 7.72. The molecule has 2 aromatic carbocycles. The lowest BCUT2D eigenvalue weighted by molar-refractivity contribution is -0.142. The molecule has 0 spiro atoms. The number of halogens is 3. The van der Waals surface area contributed by atoms with Gasteiger partial charge in [-0.25, -0.2) is 9.64 Å². The Labute approximate surface area is 164 Å².